The fraction of sp³-hybridized carbons (Fsp3) is 0.842. The summed E-state index contributed by atoms with van der Waals surface area (Å²) in [5.74, 6) is 2.27. The zero-order chi connectivity index (χ0) is 16.7. The highest BCUT2D eigenvalue weighted by Gasteiger charge is 2.54. The van der Waals surface area contributed by atoms with E-state index >= 15 is 0 Å². The van der Waals surface area contributed by atoms with Gasteiger partial charge in [0.15, 0.2) is 0 Å². The average Bonchev–Trinajstić information content (AvgIpc) is 2.91. The molecule has 1 aliphatic heterocycles. The van der Waals surface area contributed by atoms with E-state index in [1.54, 1.807) is 0 Å². The van der Waals surface area contributed by atoms with Gasteiger partial charge in [-0.05, 0) is 56.3 Å². The maximum Gasteiger partial charge on any atom is 0.306 e. The van der Waals surface area contributed by atoms with Gasteiger partial charge in [0, 0.05) is 24.4 Å². The van der Waals surface area contributed by atoms with Crippen LogP contribution in [0.3, 0.4) is 0 Å². The van der Waals surface area contributed by atoms with Gasteiger partial charge in [-0.15, -0.1) is 0 Å². The standard InChI is InChI=1S/C19H26N2O3/c20-2-1-3-21(17(22)7-16-8-18(23)24-12-16)19-9-13-4-14(10-19)6-15(5-13)11-19/h13-16H,1,3-12H2/t13?,14?,15?,16-,19?/m0/s1. The predicted octanol–water partition coefficient (Wildman–Crippen LogP) is 2.65. The van der Waals surface area contributed by atoms with Crippen molar-refractivity contribution in [3.8, 4) is 6.07 Å². The number of carbonyl (C=O) groups excluding carboxylic acids is 2. The van der Waals surface area contributed by atoms with Gasteiger partial charge in [0.1, 0.15) is 0 Å². The third kappa shape index (κ3) is 2.81. The zero-order valence-corrected chi connectivity index (χ0v) is 14.2. The molecule has 5 aliphatic rings. The van der Waals surface area contributed by atoms with Gasteiger partial charge in [0.25, 0.3) is 0 Å². The van der Waals surface area contributed by atoms with Gasteiger partial charge < -0.3 is 9.64 Å². The molecular formula is C19H26N2O3. The third-order valence-electron chi connectivity index (χ3n) is 6.73. The van der Waals surface area contributed by atoms with E-state index in [2.05, 4.69) is 11.0 Å². The first-order valence-electron chi connectivity index (χ1n) is 9.41. The normalized spacial score (nSPS) is 39.5. The van der Waals surface area contributed by atoms with Crippen LogP contribution in [0, 0.1) is 35.0 Å². The van der Waals surface area contributed by atoms with Crippen molar-refractivity contribution in [3.05, 3.63) is 0 Å². The first-order chi connectivity index (χ1) is 11.6. The fourth-order valence-electron chi connectivity index (χ4n) is 6.24. The van der Waals surface area contributed by atoms with Crippen molar-refractivity contribution in [2.45, 2.75) is 63.3 Å². The maximum atomic E-state index is 13.1. The molecule has 1 atom stereocenters. The monoisotopic (exact) mass is 330 g/mol. The van der Waals surface area contributed by atoms with Crippen LogP contribution in [0.15, 0.2) is 0 Å². The van der Waals surface area contributed by atoms with Crippen molar-refractivity contribution in [2.75, 3.05) is 13.2 Å². The van der Waals surface area contributed by atoms with E-state index in [9.17, 15) is 9.59 Å². The molecule has 0 spiro atoms. The number of hydrogen-bond acceptors (Lipinski definition) is 4. The summed E-state index contributed by atoms with van der Waals surface area (Å²) in [6.07, 6.45) is 8.52. The Morgan fingerprint density at radius 1 is 1.21 bits per heavy atom. The summed E-state index contributed by atoms with van der Waals surface area (Å²) in [5, 5.41) is 9.05. The molecule has 5 rings (SSSR count). The number of esters is 1. The lowest BCUT2D eigenvalue weighted by Gasteiger charge is -2.60. The molecule has 4 saturated carbocycles. The van der Waals surface area contributed by atoms with Gasteiger partial charge in [-0.1, -0.05) is 0 Å². The molecule has 0 aromatic carbocycles. The fourth-order valence-corrected chi connectivity index (χ4v) is 6.24. The molecule has 130 valence electrons. The van der Waals surface area contributed by atoms with Crippen LogP contribution in [-0.4, -0.2) is 35.5 Å². The predicted molar refractivity (Wildman–Crippen MR) is 86.5 cm³/mol. The smallest absolute Gasteiger partial charge is 0.306 e. The summed E-state index contributed by atoms with van der Waals surface area (Å²) in [5.41, 5.74) is -0.00778. The molecule has 4 aliphatic carbocycles. The second-order valence-corrected chi connectivity index (χ2v) is 8.55. The number of rotatable bonds is 5. The second-order valence-electron chi connectivity index (χ2n) is 8.55. The Kier molecular flexibility index (Phi) is 4.02. The minimum atomic E-state index is -0.189. The Bertz CT molecular complexity index is 544. The Balaban J connectivity index is 1.52. The lowest BCUT2D eigenvalue weighted by atomic mass is 9.52. The molecule has 5 heteroatoms. The van der Waals surface area contributed by atoms with Crippen LogP contribution in [0.5, 0.6) is 0 Å². The highest BCUT2D eigenvalue weighted by Crippen LogP contribution is 2.58. The number of nitrogens with zero attached hydrogens (tertiary/aromatic N) is 2. The Labute approximate surface area is 143 Å². The summed E-state index contributed by atoms with van der Waals surface area (Å²) >= 11 is 0. The minimum absolute atomic E-state index is 0.00778. The van der Waals surface area contributed by atoms with Crippen molar-refractivity contribution < 1.29 is 14.3 Å². The van der Waals surface area contributed by atoms with Crippen molar-refractivity contribution in [2.24, 2.45) is 23.7 Å². The number of nitriles is 1. The highest BCUT2D eigenvalue weighted by molar-refractivity contribution is 5.79. The molecule has 0 radical (unpaired) electrons. The molecule has 1 amide bonds. The average molecular weight is 330 g/mol. The zero-order valence-electron chi connectivity index (χ0n) is 14.2. The molecule has 4 bridgehead atoms. The van der Waals surface area contributed by atoms with Gasteiger partial charge in [0.2, 0.25) is 5.91 Å². The van der Waals surface area contributed by atoms with E-state index in [-0.39, 0.29) is 23.3 Å². The van der Waals surface area contributed by atoms with E-state index in [1.807, 2.05) is 0 Å². The van der Waals surface area contributed by atoms with Gasteiger partial charge >= 0.3 is 5.97 Å². The molecule has 1 saturated heterocycles. The lowest BCUT2D eigenvalue weighted by molar-refractivity contribution is -0.151. The third-order valence-corrected chi connectivity index (χ3v) is 6.73. The summed E-state index contributed by atoms with van der Waals surface area (Å²) in [4.78, 5) is 26.4. The molecule has 5 nitrogen and oxygen atoms in total. The Morgan fingerprint density at radius 2 is 1.83 bits per heavy atom. The van der Waals surface area contributed by atoms with E-state index in [4.69, 9.17) is 10.00 Å². The number of hydrogen-bond donors (Lipinski definition) is 0. The van der Waals surface area contributed by atoms with E-state index in [0.29, 0.717) is 32.4 Å². The molecule has 0 aromatic rings. The van der Waals surface area contributed by atoms with Crippen molar-refractivity contribution in [1.82, 2.24) is 4.90 Å². The first kappa shape index (κ1) is 15.9. The largest absolute Gasteiger partial charge is 0.465 e. The van der Waals surface area contributed by atoms with Gasteiger partial charge in [-0.3, -0.25) is 9.59 Å². The number of cyclic esters (lactones) is 1. The van der Waals surface area contributed by atoms with E-state index in [0.717, 1.165) is 37.0 Å². The molecule has 24 heavy (non-hydrogen) atoms. The summed E-state index contributed by atoms with van der Waals surface area (Å²) in [7, 11) is 0. The van der Waals surface area contributed by atoms with Crippen molar-refractivity contribution in [3.63, 3.8) is 0 Å². The van der Waals surface area contributed by atoms with Crippen LogP contribution in [0.25, 0.3) is 0 Å². The highest BCUT2D eigenvalue weighted by atomic mass is 16.5. The van der Waals surface area contributed by atoms with Gasteiger partial charge in [-0.2, -0.15) is 5.26 Å². The number of amides is 1. The first-order valence-corrected chi connectivity index (χ1v) is 9.41. The quantitative estimate of drug-likeness (QED) is 0.727. The number of ether oxygens (including phenoxy) is 1. The molecule has 0 N–H and O–H groups in total. The summed E-state index contributed by atoms with van der Waals surface area (Å²) < 4.78 is 5.01. The Hall–Kier alpha value is -1.57. The van der Waals surface area contributed by atoms with Crippen LogP contribution in [0.1, 0.15) is 57.8 Å². The van der Waals surface area contributed by atoms with Crippen LogP contribution >= 0.6 is 0 Å². The molecular weight excluding hydrogens is 304 g/mol. The number of carbonyl (C=O) groups is 2. The minimum Gasteiger partial charge on any atom is -0.465 e. The van der Waals surface area contributed by atoms with Crippen LogP contribution in [-0.2, 0) is 14.3 Å². The molecule has 5 fully saturated rings. The van der Waals surface area contributed by atoms with Gasteiger partial charge in [0.05, 0.1) is 25.5 Å². The summed E-state index contributed by atoms with van der Waals surface area (Å²) in [6, 6.07) is 2.21. The van der Waals surface area contributed by atoms with Crippen LogP contribution in [0.2, 0.25) is 0 Å². The molecule has 0 aromatic heterocycles. The van der Waals surface area contributed by atoms with E-state index in [1.165, 1.54) is 19.3 Å². The second kappa shape index (κ2) is 6.06. The van der Waals surface area contributed by atoms with Crippen molar-refractivity contribution in [1.29, 1.82) is 5.26 Å². The Morgan fingerprint density at radius 3 is 2.33 bits per heavy atom. The van der Waals surface area contributed by atoms with Gasteiger partial charge in [-0.25, -0.2) is 0 Å². The van der Waals surface area contributed by atoms with E-state index < -0.39 is 0 Å². The molecule has 0 unspecified atom stereocenters. The van der Waals surface area contributed by atoms with Crippen LogP contribution in [0.4, 0.5) is 0 Å². The topological polar surface area (TPSA) is 70.4 Å². The van der Waals surface area contributed by atoms with Crippen molar-refractivity contribution >= 4 is 11.9 Å². The maximum absolute atomic E-state index is 13.1. The van der Waals surface area contributed by atoms with Crippen LogP contribution < -0.4 is 0 Å². The SMILES string of the molecule is N#CCCN(C(=O)C[C@@H]1COC(=O)C1)C12CC3CC(CC(C3)C1)C2. The molecule has 1 heterocycles. The lowest BCUT2D eigenvalue weighted by Crippen LogP contribution is -2.61. The summed E-state index contributed by atoms with van der Waals surface area (Å²) in [6.45, 7) is 0.917.